The van der Waals surface area contributed by atoms with Gasteiger partial charge in [0, 0.05) is 10.8 Å². The summed E-state index contributed by atoms with van der Waals surface area (Å²) in [4.78, 5) is 0. The first-order chi connectivity index (χ1) is 44.8. The van der Waals surface area contributed by atoms with Crippen LogP contribution >= 0.6 is 0 Å². The molecule has 4 nitrogen and oxygen atoms in total. The van der Waals surface area contributed by atoms with Crippen molar-refractivity contribution in [1.82, 2.24) is 0 Å². The van der Waals surface area contributed by atoms with Crippen molar-refractivity contribution >= 4 is 21.5 Å². The van der Waals surface area contributed by atoms with E-state index in [1.807, 2.05) is 0 Å². The Bertz CT molecular complexity index is 1820. The molecule has 3 aromatic rings. The third-order valence-electron chi connectivity index (χ3n) is 20.0. The number of ether oxygens (including phenoxy) is 4. The molecule has 3 rings (SSSR count). The molecule has 0 heterocycles. The molecule has 0 aliphatic carbocycles. The average molecular weight is 1250 g/mol. The standard InChI is InChI=1S/C86H154O4/c1-5-9-13-17-21-25-29-33-37-41-45-49-53-57-61-67-75-87-81-73-74-82(88-76-68-62-58-54-50-46-42-38-34-30-26-22-18-14-10-6-2)84-83(81)85(89-77-69-63-59-55-51-47-43-39-35-31-27-23-19-15-11-7-3)79-71-65-66-72-80(79)86(84)90-78-70-64-60-56-52-48-44-40-36-32-28-24-20-16-12-8-4/h65-66,71-74H,5-64,67-70,75-78H2,1-4H3. The molecule has 0 unspecified atom stereocenters. The zero-order chi connectivity index (χ0) is 63.8. The molecule has 0 N–H and O–H groups in total. The Morgan fingerprint density at radius 2 is 0.333 bits per heavy atom. The molecule has 0 amide bonds. The van der Waals surface area contributed by atoms with Gasteiger partial charge in [0.25, 0.3) is 0 Å². The van der Waals surface area contributed by atoms with Crippen molar-refractivity contribution in [3.05, 3.63) is 36.4 Å². The van der Waals surface area contributed by atoms with E-state index in [1.54, 1.807) is 0 Å². The number of hydrogen-bond donors (Lipinski definition) is 0. The van der Waals surface area contributed by atoms with Crippen LogP contribution in [0.25, 0.3) is 21.5 Å². The lowest BCUT2D eigenvalue weighted by Gasteiger charge is -2.22. The fourth-order valence-corrected chi connectivity index (χ4v) is 14.0. The molecule has 0 spiro atoms. The Labute approximate surface area is 562 Å². The van der Waals surface area contributed by atoms with E-state index in [4.69, 9.17) is 18.9 Å². The van der Waals surface area contributed by atoms with E-state index in [0.717, 1.165) is 70.2 Å². The van der Waals surface area contributed by atoms with Crippen LogP contribution in [0.3, 0.4) is 0 Å². The molecular formula is C86H154O4. The summed E-state index contributed by atoms with van der Waals surface area (Å²) in [6.07, 6.45) is 87.7. The van der Waals surface area contributed by atoms with Crippen molar-refractivity contribution in [1.29, 1.82) is 0 Å². The van der Waals surface area contributed by atoms with E-state index in [0.29, 0.717) is 26.4 Å². The lowest BCUT2D eigenvalue weighted by atomic mass is 9.98. The van der Waals surface area contributed by atoms with Crippen LogP contribution in [0.15, 0.2) is 36.4 Å². The number of fused-ring (bicyclic) bond motifs is 2. The number of benzene rings is 3. The summed E-state index contributed by atoms with van der Waals surface area (Å²) in [5.74, 6) is 3.73. The van der Waals surface area contributed by atoms with Gasteiger partial charge in [-0.15, -0.1) is 0 Å². The van der Waals surface area contributed by atoms with Gasteiger partial charge in [0.2, 0.25) is 0 Å². The SMILES string of the molecule is CCCCCCCCCCCCCCCCCCOc1ccc(OCCCCCCCCCCCCCCCCCC)c2c(OCCCCCCCCCCCCCCCCCC)c3ccccc3c(OCCCCCCCCCCCCCCCCCC)c12. The molecule has 0 saturated carbocycles. The molecule has 0 fully saturated rings. The quantitative estimate of drug-likeness (QED) is 0.0417. The fourth-order valence-electron chi connectivity index (χ4n) is 14.0. The molecule has 4 heteroatoms. The van der Waals surface area contributed by atoms with Gasteiger partial charge in [-0.1, -0.05) is 437 Å². The lowest BCUT2D eigenvalue weighted by molar-refractivity contribution is 0.290. The first-order valence-corrected chi connectivity index (χ1v) is 41.3. The average Bonchev–Trinajstić information content (AvgIpc) is 0.743. The summed E-state index contributed by atoms with van der Waals surface area (Å²) >= 11 is 0. The van der Waals surface area contributed by atoms with Gasteiger partial charge in [0.15, 0.2) is 0 Å². The van der Waals surface area contributed by atoms with Crippen molar-refractivity contribution in [2.75, 3.05) is 26.4 Å². The van der Waals surface area contributed by atoms with Gasteiger partial charge >= 0.3 is 0 Å². The minimum atomic E-state index is 0.708. The zero-order valence-corrected chi connectivity index (χ0v) is 61.2. The largest absolute Gasteiger partial charge is 0.493 e. The molecular weight excluding hydrogens is 1100 g/mol. The Balaban J connectivity index is 1.66. The maximum Gasteiger partial charge on any atom is 0.139 e. The summed E-state index contributed by atoms with van der Waals surface area (Å²) in [6, 6.07) is 13.3. The van der Waals surface area contributed by atoms with Gasteiger partial charge in [0.05, 0.1) is 37.2 Å². The third kappa shape index (κ3) is 44.1. The summed E-state index contributed by atoms with van der Waals surface area (Å²) < 4.78 is 28.2. The van der Waals surface area contributed by atoms with E-state index in [9.17, 15) is 0 Å². The molecule has 90 heavy (non-hydrogen) atoms. The second-order valence-electron chi connectivity index (χ2n) is 28.6. The van der Waals surface area contributed by atoms with E-state index in [-0.39, 0.29) is 0 Å². The van der Waals surface area contributed by atoms with Crippen molar-refractivity contribution in [2.24, 2.45) is 0 Å². The van der Waals surface area contributed by atoms with Gasteiger partial charge in [-0.3, -0.25) is 0 Å². The highest BCUT2D eigenvalue weighted by Crippen LogP contribution is 2.50. The maximum absolute atomic E-state index is 7.12. The minimum absolute atomic E-state index is 0.708. The van der Waals surface area contributed by atoms with Crippen LogP contribution in [-0.4, -0.2) is 26.4 Å². The summed E-state index contributed by atoms with van der Waals surface area (Å²) in [5.41, 5.74) is 0. The van der Waals surface area contributed by atoms with Gasteiger partial charge < -0.3 is 18.9 Å². The predicted molar refractivity (Wildman–Crippen MR) is 402 cm³/mol. The monoisotopic (exact) mass is 1250 g/mol. The molecule has 3 aromatic carbocycles. The van der Waals surface area contributed by atoms with Gasteiger partial charge in [-0.05, 0) is 37.8 Å². The van der Waals surface area contributed by atoms with E-state index in [2.05, 4.69) is 64.1 Å². The van der Waals surface area contributed by atoms with Gasteiger partial charge in [-0.2, -0.15) is 0 Å². The topological polar surface area (TPSA) is 36.9 Å². The van der Waals surface area contributed by atoms with Crippen LogP contribution in [0.5, 0.6) is 23.0 Å². The Hall–Kier alpha value is -2.62. The van der Waals surface area contributed by atoms with E-state index >= 15 is 0 Å². The van der Waals surface area contributed by atoms with Crippen molar-refractivity contribution in [3.63, 3.8) is 0 Å². The van der Waals surface area contributed by atoms with Crippen molar-refractivity contribution < 1.29 is 18.9 Å². The van der Waals surface area contributed by atoms with Crippen molar-refractivity contribution in [2.45, 2.75) is 439 Å². The highest BCUT2D eigenvalue weighted by atomic mass is 16.5. The summed E-state index contributed by atoms with van der Waals surface area (Å²) in [7, 11) is 0. The van der Waals surface area contributed by atoms with E-state index in [1.165, 1.54) is 385 Å². The molecule has 0 bridgehead atoms. The van der Waals surface area contributed by atoms with Crippen molar-refractivity contribution in [3.8, 4) is 23.0 Å². The smallest absolute Gasteiger partial charge is 0.139 e. The molecule has 0 aromatic heterocycles. The number of hydrogen-bond acceptors (Lipinski definition) is 4. The minimum Gasteiger partial charge on any atom is -0.493 e. The highest BCUT2D eigenvalue weighted by molar-refractivity contribution is 6.15. The third-order valence-corrected chi connectivity index (χ3v) is 20.0. The second-order valence-corrected chi connectivity index (χ2v) is 28.6. The summed E-state index contributed by atoms with van der Waals surface area (Å²) in [5, 5.41) is 4.36. The van der Waals surface area contributed by atoms with Crippen LogP contribution in [0.1, 0.15) is 439 Å². The Kier molecular flexibility index (Phi) is 57.8. The van der Waals surface area contributed by atoms with Gasteiger partial charge in [-0.25, -0.2) is 0 Å². The summed E-state index contributed by atoms with van der Waals surface area (Å²) in [6.45, 7) is 12.1. The Morgan fingerprint density at radius 3 is 0.511 bits per heavy atom. The van der Waals surface area contributed by atoms with Gasteiger partial charge in [0.1, 0.15) is 23.0 Å². The second kappa shape index (κ2) is 63.8. The molecule has 0 aliphatic rings. The zero-order valence-electron chi connectivity index (χ0n) is 61.2. The first-order valence-electron chi connectivity index (χ1n) is 41.3. The van der Waals surface area contributed by atoms with Crippen LogP contribution in [-0.2, 0) is 0 Å². The highest BCUT2D eigenvalue weighted by Gasteiger charge is 2.24. The fraction of sp³-hybridized carbons (Fsp3) is 0.837. The molecule has 0 aliphatic heterocycles. The number of unbranched alkanes of at least 4 members (excludes halogenated alkanes) is 60. The molecule has 522 valence electrons. The molecule has 0 saturated heterocycles. The number of rotatable bonds is 72. The molecule has 0 radical (unpaired) electrons. The first kappa shape index (κ1) is 81.6. The lowest BCUT2D eigenvalue weighted by Crippen LogP contribution is -2.06. The maximum atomic E-state index is 7.12. The van der Waals surface area contributed by atoms with Crippen LogP contribution in [0, 0.1) is 0 Å². The molecule has 0 atom stereocenters. The van der Waals surface area contributed by atoms with Crippen LogP contribution in [0.2, 0.25) is 0 Å². The van der Waals surface area contributed by atoms with Crippen LogP contribution in [0.4, 0.5) is 0 Å². The Morgan fingerprint density at radius 1 is 0.178 bits per heavy atom. The van der Waals surface area contributed by atoms with E-state index < -0.39 is 0 Å². The predicted octanol–water partition coefficient (Wildman–Crippen LogP) is 30.6. The van der Waals surface area contributed by atoms with Crippen LogP contribution < -0.4 is 18.9 Å². The normalized spacial score (nSPS) is 11.7.